The SMILES string of the molecule is Cc1ccc(C(=O)NC2CCN(CC(=O)N(Cc3ccccc3)c3ccccc3)CC2)o1. The van der Waals surface area contributed by atoms with Gasteiger partial charge in [0.05, 0.1) is 13.1 Å². The lowest BCUT2D eigenvalue weighted by atomic mass is 10.0. The van der Waals surface area contributed by atoms with E-state index in [-0.39, 0.29) is 17.9 Å². The Hall–Kier alpha value is -3.38. The number of para-hydroxylation sites is 1. The highest BCUT2D eigenvalue weighted by molar-refractivity contribution is 5.94. The molecule has 0 unspecified atom stereocenters. The molecule has 32 heavy (non-hydrogen) atoms. The number of amides is 2. The second kappa shape index (κ2) is 10.3. The van der Waals surface area contributed by atoms with E-state index in [1.807, 2.05) is 72.5 Å². The van der Waals surface area contributed by atoms with Crippen LogP contribution in [-0.4, -0.2) is 42.4 Å². The average molecular weight is 432 g/mol. The molecule has 2 aromatic carbocycles. The maximum Gasteiger partial charge on any atom is 0.287 e. The van der Waals surface area contributed by atoms with Gasteiger partial charge in [-0.1, -0.05) is 48.5 Å². The summed E-state index contributed by atoms with van der Waals surface area (Å²) in [7, 11) is 0. The fourth-order valence-corrected chi connectivity index (χ4v) is 4.02. The minimum absolute atomic E-state index is 0.0774. The molecule has 0 radical (unpaired) electrons. The van der Waals surface area contributed by atoms with Crippen molar-refractivity contribution < 1.29 is 14.0 Å². The zero-order valence-corrected chi connectivity index (χ0v) is 18.4. The summed E-state index contributed by atoms with van der Waals surface area (Å²) in [6, 6.07) is 23.4. The number of hydrogen-bond donors (Lipinski definition) is 1. The van der Waals surface area contributed by atoms with Crippen LogP contribution in [0.2, 0.25) is 0 Å². The number of anilines is 1. The van der Waals surface area contributed by atoms with Gasteiger partial charge in [0.25, 0.3) is 5.91 Å². The third kappa shape index (κ3) is 5.65. The van der Waals surface area contributed by atoms with Crippen molar-refractivity contribution in [3.8, 4) is 0 Å². The van der Waals surface area contributed by atoms with Crippen LogP contribution in [0.3, 0.4) is 0 Å². The van der Waals surface area contributed by atoms with Gasteiger partial charge in [0, 0.05) is 24.8 Å². The van der Waals surface area contributed by atoms with Crippen LogP contribution in [0.1, 0.15) is 34.7 Å². The Morgan fingerprint density at radius 2 is 1.62 bits per heavy atom. The number of hydrogen-bond acceptors (Lipinski definition) is 4. The Bertz CT molecular complexity index is 1020. The number of aryl methyl sites for hydroxylation is 1. The Morgan fingerprint density at radius 3 is 2.25 bits per heavy atom. The Kier molecular flexibility index (Phi) is 7.02. The summed E-state index contributed by atoms with van der Waals surface area (Å²) in [6.45, 7) is 4.25. The van der Waals surface area contributed by atoms with Crippen LogP contribution < -0.4 is 10.2 Å². The predicted molar refractivity (Wildman–Crippen MR) is 124 cm³/mol. The molecule has 0 aliphatic carbocycles. The monoisotopic (exact) mass is 431 g/mol. The molecule has 1 saturated heterocycles. The van der Waals surface area contributed by atoms with Gasteiger partial charge in [-0.05, 0) is 49.6 Å². The Balaban J connectivity index is 1.33. The van der Waals surface area contributed by atoms with Gasteiger partial charge in [-0.15, -0.1) is 0 Å². The van der Waals surface area contributed by atoms with E-state index in [2.05, 4.69) is 10.2 Å². The first kappa shape index (κ1) is 21.8. The number of benzene rings is 2. The minimum atomic E-state index is -0.175. The van der Waals surface area contributed by atoms with Gasteiger partial charge in [-0.2, -0.15) is 0 Å². The van der Waals surface area contributed by atoms with Crippen LogP contribution >= 0.6 is 0 Å². The van der Waals surface area contributed by atoms with E-state index in [0.717, 1.165) is 42.9 Å². The highest BCUT2D eigenvalue weighted by atomic mass is 16.3. The smallest absolute Gasteiger partial charge is 0.287 e. The Morgan fingerprint density at radius 1 is 0.969 bits per heavy atom. The number of rotatable bonds is 7. The van der Waals surface area contributed by atoms with E-state index < -0.39 is 0 Å². The fraction of sp³-hybridized carbons (Fsp3) is 0.308. The molecule has 0 atom stereocenters. The summed E-state index contributed by atoms with van der Waals surface area (Å²) in [4.78, 5) is 29.6. The summed E-state index contributed by atoms with van der Waals surface area (Å²) in [5.41, 5.74) is 2.00. The average Bonchev–Trinajstić information content (AvgIpc) is 3.26. The van der Waals surface area contributed by atoms with Crippen molar-refractivity contribution in [2.45, 2.75) is 32.4 Å². The summed E-state index contributed by atoms with van der Waals surface area (Å²) in [5, 5.41) is 3.05. The molecule has 2 heterocycles. The molecule has 3 aromatic rings. The molecule has 2 amide bonds. The van der Waals surface area contributed by atoms with Crippen molar-refractivity contribution in [3.63, 3.8) is 0 Å². The number of nitrogens with one attached hydrogen (secondary N) is 1. The number of nitrogens with zero attached hydrogens (tertiary/aromatic N) is 2. The number of carbonyl (C=O) groups is 2. The van der Waals surface area contributed by atoms with E-state index >= 15 is 0 Å². The normalized spacial score (nSPS) is 14.8. The number of carbonyl (C=O) groups excluding carboxylic acids is 2. The number of likely N-dealkylation sites (tertiary alicyclic amines) is 1. The van der Waals surface area contributed by atoms with Gasteiger partial charge in [-0.3, -0.25) is 14.5 Å². The highest BCUT2D eigenvalue weighted by Gasteiger charge is 2.25. The van der Waals surface area contributed by atoms with Gasteiger partial charge in [-0.25, -0.2) is 0 Å². The van der Waals surface area contributed by atoms with Crippen molar-refractivity contribution in [1.29, 1.82) is 0 Å². The third-order valence-corrected chi connectivity index (χ3v) is 5.80. The van der Waals surface area contributed by atoms with E-state index in [9.17, 15) is 9.59 Å². The van der Waals surface area contributed by atoms with Gasteiger partial charge >= 0.3 is 0 Å². The predicted octanol–water partition coefficient (Wildman–Crippen LogP) is 4.02. The van der Waals surface area contributed by atoms with Crippen LogP contribution in [0, 0.1) is 6.92 Å². The molecular weight excluding hydrogens is 402 g/mol. The van der Waals surface area contributed by atoms with Crippen LogP contribution in [0.5, 0.6) is 0 Å². The summed E-state index contributed by atoms with van der Waals surface area (Å²) < 4.78 is 5.41. The highest BCUT2D eigenvalue weighted by Crippen LogP contribution is 2.19. The molecule has 6 heteroatoms. The first-order valence-corrected chi connectivity index (χ1v) is 11.1. The lowest BCUT2D eigenvalue weighted by Crippen LogP contribution is -2.48. The molecule has 0 saturated carbocycles. The lowest BCUT2D eigenvalue weighted by Gasteiger charge is -2.33. The minimum Gasteiger partial charge on any atom is -0.456 e. The summed E-state index contributed by atoms with van der Waals surface area (Å²) in [6.07, 6.45) is 1.62. The molecule has 1 aliphatic rings. The first-order valence-electron chi connectivity index (χ1n) is 11.1. The van der Waals surface area contributed by atoms with Crippen molar-refractivity contribution in [2.24, 2.45) is 0 Å². The third-order valence-electron chi connectivity index (χ3n) is 5.80. The van der Waals surface area contributed by atoms with E-state index in [0.29, 0.717) is 18.8 Å². The maximum absolute atomic E-state index is 13.3. The number of furan rings is 1. The molecule has 0 bridgehead atoms. The second-order valence-corrected chi connectivity index (χ2v) is 8.24. The van der Waals surface area contributed by atoms with Gasteiger partial charge in [0.15, 0.2) is 5.76 Å². The van der Waals surface area contributed by atoms with Crippen molar-refractivity contribution in [3.05, 3.63) is 89.9 Å². The zero-order chi connectivity index (χ0) is 22.3. The molecule has 1 fully saturated rings. The summed E-state index contributed by atoms with van der Waals surface area (Å²) in [5.74, 6) is 0.973. The molecule has 0 spiro atoms. The lowest BCUT2D eigenvalue weighted by molar-refractivity contribution is -0.120. The van der Waals surface area contributed by atoms with E-state index in [1.54, 1.807) is 12.1 Å². The van der Waals surface area contributed by atoms with Crippen molar-refractivity contribution in [1.82, 2.24) is 10.2 Å². The fourth-order valence-electron chi connectivity index (χ4n) is 4.02. The Labute approximate surface area is 188 Å². The standard InChI is InChI=1S/C26H29N3O3/c1-20-12-13-24(32-20)26(31)27-22-14-16-28(17-15-22)19-25(30)29(23-10-6-3-7-11-23)18-21-8-4-2-5-9-21/h2-13,22H,14-19H2,1H3,(H,27,31). The molecule has 1 aliphatic heterocycles. The van der Waals surface area contributed by atoms with Crippen molar-refractivity contribution in [2.75, 3.05) is 24.5 Å². The molecule has 4 rings (SSSR count). The maximum atomic E-state index is 13.3. The molecular formula is C26H29N3O3. The molecule has 166 valence electrons. The first-order chi connectivity index (χ1) is 15.6. The van der Waals surface area contributed by atoms with Crippen LogP contribution in [0.4, 0.5) is 5.69 Å². The number of piperidine rings is 1. The van der Waals surface area contributed by atoms with Gasteiger partial charge in [0.2, 0.25) is 5.91 Å². The quantitative estimate of drug-likeness (QED) is 0.614. The molecule has 1 N–H and O–H groups in total. The van der Waals surface area contributed by atoms with Crippen LogP contribution in [-0.2, 0) is 11.3 Å². The van der Waals surface area contributed by atoms with Crippen LogP contribution in [0.25, 0.3) is 0 Å². The van der Waals surface area contributed by atoms with E-state index in [1.165, 1.54) is 0 Å². The van der Waals surface area contributed by atoms with Crippen molar-refractivity contribution >= 4 is 17.5 Å². The summed E-state index contributed by atoms with van der Waals surface area (Å²) >= 11 is 0. The molecule has 6 nitrogen and oxygen atoms in total. The van der Waals surface area contributed by atoms with E-state index in [4.69, 9.17) is 4.42 Å². The largest absolute Gasteiger partial charge is 0.456 e. The molecule has 1 aromatic heterocycles. The van der Waals surface area contributed by atoms with Crippen LogP contribution in [0.15, 0.2) is 77.2 Å². The zero-order valence-electron chi connectivity index (χ0n) is 18.4. The van der Waals surface area contributed by atoms with Gasteiger partial charge < -0.3 is 14.6 Å². The second-order valence-electron chi connectivity index (χ2n) is 8.24. The van der Waals surface area contributed by atoms with Gasteiger partial charge in [0.1, 0.15) is 5.76 Å². The topological polar surface area (TPSA) is 65.8 Å².